The number of rotatable bonds is 9. The molecular formula is C30H45BrN6O3Si. The van der Waals surface area contributed by atoms with Gasteiger partial charge in [0.2, 0.25) is 0 Å². The predicted octanol–water partition coefficient (Wildman–Crippen LogP) is 6.95. The van der Waals surface area contributed by atoms with Crippen LogP contribution in [0.4, 0.5) is 16.3 Å². The number of carbonyl (C=O) groups excluding carboxylic acids is 1. The molecule has 3 aromatic heterocycles. The molecule has 1 amide bonds. The molecule has 2 atom stereocenters. The quantitative estimate of drug-likeness (QED) is 0.199. The van der Waals surface area contributed by atoms with Crippen molar-refractivity contribution < 1.29 is 14.3 Å². The van der Waals surface area contributed by atoms with Crippen LogP contribution < -0.4 is 10.2 Å². The van der Waals surface area contributed by atoms with E-state index in [-0.39, 0.29) is 18.2 Å². The fourth-order valence-electron chi connectivity index (χ4n) is 5.07. The molecule has 1 saturated heterocycles. The Morgan fingerprint density at radius 3 is 2.51 bits per heavy atom. The van der Waals surface area contributed by atoms with Gasteiger partial charge >= 0.3 is 6.09 Å². The van der Waals surface area contributed by atoms with Gasteiger partial charge in [-0.1, -0.05) is 25.7 Å². The van der Waals surface area contributed by atoms with Gasteiger partial charge in [0.05, 0.1) is 29.7 Å². The first-order valence-corrected chi connectivity index (χ1v) is 18.9. The molecule has 41 heavy (non-hydrogen) atoms. The molecule has 4 heterocycles. The summed E-state index contributed by atoms with van der Waals surface area (Å²) in [6, 6.07) is 9.25. The average Bonchev–Trinajstić information content (AvgIpc) is 3.19. The van der Waals surface area contributed by atoms with Crippen molar-refractivity contribution in [2.75, 3.05) is 29.9 Å². The molecule has 0 bridgehead atoms. The summed E-state index contributed by atoms with van der Waals surface area (Å²) in [4.78, 5) is 26.5. The Kier molecular flexibility index (Phi) is 9.70. The van der Waals surface area contributed by atoms with Crippen LogP contribution in [0.3, 0.4) is 0 Å². The first-order chi connectivity index (χ1) is 19.2. The first-order valence-electron chi connectivity index (χ1n) is 14.4. The number of amides is 1. The third kappa shape index (κ3) is 8.23. The molecule has 1 aliphatic rings. The van der Waals surface area contributed by atoms with Crippen molar-refractivity contribution in [1.29, 1.82) is 0 Å². The molecule has 0 radical (unpaired) electrons. The van der Waals surface area contributed by atoms with Gasteiger partial charge in [0, 0.05) is 50.3 Å². The fourth-order valence-corrected chi connectivity index (χ4v) is 6.46. The molecule has 1 aliphatic heterocycles. The Morgan fingerprint density at radius 2 is 1.85 bits per heavy atom. The van der Waals surface area contributed by atoms with Gasteiger partial charge in [-0.3, -0.25) is 4.90 Å². The van der Waals surface area contributed by atoms with Gasteiger partial charge in [-0.15, -0.1) is 0 Å². The monoisotopic (exact) mass is 644 g/mol. The highest BCUT2D eigenvalue weighted by atomic mass is 79.9. The van der Waals surface area contributed by atoms with Crippen LogP contribution in [0.15, 0.2) is 41.1 Å². The maximum atomic E-state index is 12.8. The van der Waals surface area contributed by atoms with Crippen molar-refractivity contribution >= 4 is 52.6 Å². The Bertz CT molecular complexity index is 1340. The van der Waals surface area contributed by atoms with E-state index in [4.69, 9.17) is 14.5 Å². The maximum absolute atomic E-state index is 12.8. The van der Waals surface area contributed by atoms with Crippen molar-refractivity contribution in [3.63, 3.8) is 0 Å². The molecular weight excluding hydrogens is 600 g/mol. The van der Waals surface area contributed by atoms with Gasteiger partial charge in [-0.2, -0.15) is 0 Å². The number of anilines is 2. The minimum Gasteiger partial charge on any atom is -0.444 e. The number of nitrogens with zero attached hydrogens (tertiary/aromatic N) is 5. The van der Waals surface area contributed by atoms with Crippen LogP contribution in [-0.2, 0) is 22.7 Å². The lowest BCUT2D eigenvalue weighted by Gasteiger charge is -2.45. The van der Waals surface area contributed by atoms with Gasteiger partial charge < -0.3 is 24.3 Å². The summed E-state index contributed by atoms with van der Waals surface area (Å²) >= 11 is 3.73. The number of halogens is 1. The van der Waals surface area contributed by atoms with E-state index >= 15 is 0 Å². The highest BCUT2D eigenvalue weighted by Crippen LogP contribution is 2.32. The summed E-state index contributed by atoms with van der Waals surface area (Å²) in [6.07, 6.45) is 3.60. The number of carbonyl (C=O) groups is 1. The van der Waals surface area contributed by atoms with Crippen LogP contribution in [0.1, 0.15) is 40.3 Å². The lowest BCUT2D eigenvalue weighted by atomic mass is 10.1. The van der Waals surface area contributed by atoms with Crippen molar-refractivity contribution in [1.82, 2.24) is 19.4 Å². The highest BCUT2D eigenvalue weighted by molar-refractivity contribution is 9.10. The van der Waals surface area contributed by atoms with Gasteiger partial charge in [0.15, 0.2) is 0 Å². The summed E-state index contributed by atoms with van der Waals surface area (Å²) in [5, 5.41) is 4.59. The van der Waals surface area contributed by atoms with Crippen LogP contribution in [0, 0.1) is 0 Å². The number of fused-ring (bicyclic) bond motifs is 1. The summed E-state index contributed by atoms with van der Waals surface area (Å²) in [5.41, 5.74) is 2.29. The summed E-state index contributed by atoms with van der Waals surface area (Å²) in [5.74, 6) is 0.912. The molecule has 0 aromatic carbocycles. The normalized spacial score (nSPS) is 18.2. The van der Waals surface area contributed by atoms with Gasteiger partial charge in [-0.25, -0.2) is 14.8 Å². The zero-order valence-electron chi connectivity index (χ0n) is 25.7. The fraction of sp³-hybridized carbons (Fsp3) is 0.567. The third-order valence-electron chi connectivity index (χ3n) is 7.04. The van der Waals surface area contributed by atoms with E-state index in [0.29, 0.717) is 26.4 Å². The highest BCUT2D eigenvalue weighted by Gasteiger charge is 2.36. The zero-order chi connectivity index (χ0) is 29.9. The van der Waals surface area contributed by atoms with Crippen molar-refractivity contribution in [3.05, 3.63) is 46.8 Å². The maximum Gasteiger partial charge on any atom is 0.410 e. The molecule has 3 aromatic rings. The SMILES string of the molecule is C[C@@H]1CN(c2cccc(CNc3ccnc4c3c(Br)cn4COCC[Si](C)(C)C)n2)C[C@H](C)N1C(=O)OC(C)(C)C. The van der Waals surface area contributed by atoms with E-state index in [1.165, 1.54) is 0 Å². The minimum atomic E-state index is -1.13. The van der Waals surface area contributed by atoms with Crippen molar-refractivity contribution in [2.45, 2.75) is 91.3 Å². The second kappa shape index (κ2) is 12.7. The molecule has 224 valence electrons. The molecule has 1 fully saturated rings. The number of hydrogen-bond donors (Lipinski definition) is 1. The topological polar surface area (TPSA) is 84.8 Å². The molecule has 0 saturated carbocycles. The smallest absolute Gasteiger partial charge is 0.410 e. The first kappa shape index (κ1) is 31.3. The Hall–Kier alpha value is -2.63. The van der Waals surface area contributed by atoms with Crippen molar-refractivity contribution in [2.24, 2.45) is 0 Å². The summed E-state index contributed by atoms with van der Waals surface area (Å²) < 4.78 is 14.7. The number of ether oxygens (including phenoxy) is 2. The van der Waals surface area contributed by atoms with E-state index < -0.39 is 13.7 Å². The lowest BCUT2D eigenvalue weighted by Crippen LogP contribution is -2.59. The number of piperazine rings is 1. The van der Waals surface area contributed by atoms with Crippen molar-refractivity contribution in [3.8, 4) is 0 Å². The Labute approximate surface area is 253 Å². The van der Waals surface area contributed by atoms with Crippen LogP contribution in [0.2, 0.25) is 25.7 Å². The third-order valence-corrected chi connectivity index (χ3v) is 9.34. The number of aromatic nitrogens is 3. The van der Waals surface area contributed by atoms with Crippen LogP contribution in [-0.4, -0.2) is 71.0 Å². The van der Waals surface area contributed by atoms with Crippen LogP contribution in [0.25, 0.3) is 11.0 Å². The van der Waals surface area contributed by atoms with E-state index in [9.17, 15) is 4.79 Å². The summed E-state index contributed by atoms with van der Waals surface area (Å²) in [7, 11) is -1.13. The van der Waals surface area contributed by atoms with E-state index in [2.05, 4.69) is 64.6 Å². The molecule has 0 spiro atoms. The molecule has 9 nitrogen and oxygen atoms in total. The van der Waals surface area contributed by atoms with E-state index in [0.717, 1.165) is 45.4 Å². The number of hydrogen-bond acceptors (Lipinski definition) is 7. The molecule has 4 rings (SSSR count). The summed E-state index contributed by atoms with van der Waals surface area (Å²) in [6.45, 7) is 20.1. The second-order valence-electron chi connectivity index (χ2n) is 13.2. The Balaban J connectivity index is 1.41. The zero-order valence-corrected chi connectivity index (χ0v) is 28.3. The van der Waals surface area contributed by atoms with Crippen LogP contribution in [0.5, 0.6) is 0 Å². The van der Waals surface area contributed by atoms with E-state index in [1.807, 2.05) is 66.9 Å². The standard InChI is InChI=1S/C30H45BrN6O3Si/c1-21-17-35(18-22(2)37(21)29(38)40-30(3,4)5)26-11-9-10-23(34-26)16-33-25-12-13-32-28-27(25)24(31)19-36(28)20-39-14-15-41(6,7)8/h9-13,19,21-22H,14-18,20H2,1-8H3,(H,32,33)/t21-,22+. The second-order valence-corrected chi connectivity index (χ2v) is 19.7. The molecule has 0 aliphatic carbocycles. The molecule has 1 N–H and O–H groups in total. The lowest BCUT2D eigenvalue weighted by molar-refractivity contribution is 0.00560. The van der Waals surface area contributed by atoms with Gasteiger partial charge in [0.1, 0.15) is 23.8 Å². The average molecular weight is 646 g/mol. The number of pyridine rings is 2. The van der Waals surface area contributed by atoms with Gasteiger partial charge in [-0.05, 0) is 74.8 Å². The van der Waals surface area contributed by atoms with Crippen LogP contribution >= 0.6 is 15.9 Å². The molecule has 11 heteroatoms. The molecule has 0 unspecified atom stereocenters. The largest absolute Gasteiger partial charge is 0.444 e. The van der Waals surface area contributed by atoms with E-state index in [1.54, 1.807) is 0 Å². The van der Waals surface area contributed by atoms with Gasteiger partial charge in [0.25, 0.3) is 0 Å². The minimum absolute atomic E-state index is 0.00295. The predicted molar refractivity (Wildman–Crippen MR) is 172 cm³/mol. The Morgan fingerprint density at radius 1 is 1.15 bits per heavy atom. The number of nitrogens with one attached hydrogen (secondary N) is 1.